The summed E-state index contributed by atoms with van der Waals surface area (Å²) in [6.45, 7) is 1.28. The summed E-state index contributed by atoms with van der Waals surface area (Å²) < 4.78 is 28.1. The molecular formula is C18H23ClN2O2S. The third-order valence-corrected chi connectivity index (χ3v) is 6.33. The van der Waals surface area contributed by atoms with Crippen LogP contribution in [0.4, 0.5) is 0 Å². The molecule has 130 valence electrons. The summed E-state index contributed by atoms with van der Waals surface area (Å²) in [5, 5.41) is 3.10. The number of nitrogens with zero attached hydrogens (tertiary/aromatic N) is 1. The average molecular weight is 367 g/mol. The number of sulfonamides is 1. The third kappa shape index (κ3) is 3.64. The first-order valence-corrected chi connectivity index (χ1v) is 9.39. The second kappa shape index (κ2) is 8.12. The van der Waals surface area contributed by atoms with Gasteiger partial charge in [0.25, 0.3) is 0 Å². The van der Waals surface area contributed by atoms with Crippen molar-refractivity contribution in [3.05, 3.63) is 54.6 Å². The zero-order chi connectivity index (χ0) is 16.3. The van der Waals surface area contributed by atoms with E-state index in [2.05, 4.69) is 5.32 Å². The van der Waals surface area contributed by atoms with E-state index in [0.29, 0.717) is 18.0 Å². The Balaban J connectivity index is 0.00000208. The first-order valence-electron chi connectivity index (χ1n) is 7.95. The number of hydrogen-bond donors (Lipinski definition) is 1. The molecule has 0 amide bonds. The van der Waals surface area contributed by atoms with Crippen LogP contribution in [0.25, 0.3) is 11.1 Å². The van der Waals surface area contributed by atoms with Gasteiger partial charge in [-0.05, 0) is 31.5 Å². The highest BCUT2D eigenvalue weighted by molar-refractivity contribution is 7.89. The van der Waals surface area contributed by atoms with E-state index in [4.69, 9.17) is 0 Å². The van der Waals surface area contributed by atoms with Gasteiger partial charge in [0.1, 0.15) is 0 Å². The smallest absolute Gasteiger partial charge is 0.243 e. The zero-order valence-corrected chi connectivity index (χ0v) is 15.3. The minimum absolute atomic E-state index is 0. The number of hydrogen-bond acceptors (Lipinski definition) is 3. The van der Waals surface area contributed by atoms with Crippen molar-refractivity contribution in [2.24, 2.45) is 0 Å². The largest absolute Gasteiger partial charge is 0.318 e. The lowest BCUT2D eigenvalue weighted by Gasteiger charge is -2.25. The van der Waals surface area contributed by atoms with Gasteiger partial charge in [-0.3, -0.25) is 0 Å². The summed E-state index contributed by atoms with van der Waals surface area (Å²) in [5.74, 6) is 0. The Morgan fingerprint density at radius 1 is 1.08 bits per heavy atom. The Hall–Kier alpha value is -1.40. The highest BCUT2D eigenvalue weighted by Gasteiger charge is 2.35. The molecule has 2 aromatic rings. The van der Waals surface area contributed by atoms with Gasteiger partial charge in [-0.25, -0.2) is 8.42 Å². The van der Waals surface area contributed by atoms with Gasteiger partial charge in [0.05, 0.1) is 4.90 Å². The maximum atomic E-state index is 13.2. The van der Waals surface area contributed by atoms with E-state index in [0.717, 1.165) is 24.0 Å². The molecule has 1 atom stereocenters. The molecule has 0 aliphatic carbocycles. The van der Waals surface area contributed by atoms with Crippen LogP contribution in [0.1, 0.15) is 12.8 Å². The number of nitrogens with one attached hydrogen (secondary N) is 1. The molecule has 1 heterocycles. The van der Waals surface area contributed by atoms with Crippen LogP contribution in [-0.4, -0.2) is 38.9 Å². The van der Waals surface area contributed by atoms with Gasteiger partial charge in [0, 0.05) is 24.7 Å². The maximum absolute atomic E-state index is 13.2. The lowest BCUT2D eigenvalue weighted by Crippen LogP contribution is -2.40. The fraction of sp³-hybridized carbons (Fsp3) is 0.333. The van der Waals surface area contributed by atoms with Crippen molar-refractivity contribution in [1.82, 2.24) is 9.62 Å². The molecule has 1 unspecified atom stereocenters. The first-order chi connectivity index (χ1) is 11.1. The fourth-order valence-electron chi connectivity index (χ4n) is 3.24. The van der Waals surface area contributed by atoms with Gasteiger partial charge in [-0.2, -0.15) is 4.31 Å². The summed E-state index contributed by atoms with van der Waals surface area (Å²) in [6, 6.07) is 17.0. The van der Waals surface area contributed by atoms with Crippen LogP contribution in [0, 0.1) is 0 Å². The molecule has 1 aliphatic rings. The molecule has 4 nitrogen and oxygen atoms in total. The molecule has 0 bridgehead atoms. The Labute approximate surface area is 150 Å². The highest BCUT2D eigenvalue weighted by Crippen LogP contribution is 2.32. The lowest BCUT2D eigenvalue weighted by atomic mass is 10.1. The lowest BCUT2D eigenvalue weighted by molar-refractivity contribution is 0.379. The predicted molar refractivity (Wildman–Crippen MR) is 100.0 cm³/mol. The Morgan fingerprint density at radius 3 is 2.46 bits per heavy atom. The van der Waals surface area contributed by atoms with Crippen LogP contribution in [0.2, 0.25) is 0 Å². The molecule has 2 aromatic carbocycles. The van der Waals surface area contributed by atoms with Crippen LogP contribution in [0.5, 0.6) is 0 Å². The molecule has 24 heavy (non-hydrogen) atoms. The van der Waals surface area contributed by atoms with Gasteiger partial charge in [-0.15, -0.1) is 12.4 Å². The van der Waals surface area contributed by atoms with Crippen molar-refractivity contribution < 1.29 is 8.42 Å². The number of likely N-dealkylation sites (N-methyl/N-ethyl adjacent to an activating group) is 1. The standard InChI is InChI=1S/C18H22N2O2S.ClH/c1-19-14-16-10-7-13-20(16)23(21,22)18-12-6-5-11-17(18)15-8-3-2-4-9-15;/h2-6,8-9,11-12,16,19H,7,10,13-14H2,1H3;1H. The molecule has 6 heteroatoms. The minimum Gasteiger partial charge on any atom is -0.318 e. The van der Waals surface area contributed by atoms with E-state index < -0.39 is 10.0 Å². The van der Waals surface area contributed by atoms with Crippen molar-refractivity contribution in [2.75, 3.05) is 20.1 Å². The highest BCUT2D eigenvalue weighted by atomic mass is 35.5. The Bertz CT molecular complexity index is 766. The molecule has 0 saturated carbocycles. The van der Waals surface area contributed by atoms with Gasteiger partial charge in [-0.1, -0.05) is 48.5 Å². The van der Waals surface area contributed by atoms with Crippen molar-refractivity contribution >= 4 is 22.4 Å². The summed E-state index contributed by atoms with van der Waals surface area (Å²) >= 11 is 0. The quantitative estimate of drug-likeness (QED) is 0.884. The zero-order valence-electron chi connectivity index (χ0n) is 13.7. The molecule has 1 N–H and O–H groups in total. The minimum atomic E-state index is -3.50. The van der Waals surface area contributed by atoms with E-state index in [1.165, 1.54) is 0 Å². The Morgan fingerprint density at radius 2 is 1.75 bits per heavy atom. The number of rotatable bonds is 5. The van der Waals surface area contributed by atoms with Gasteiger partial charge >= 0.3 is 0 Å². The molecule has 3 rings (SSSR count). The van der Waals surface area contributed by atoms with E-state index in [9.17, 15) is 8.42 Å². The van der Waals surface area contributed by atoms with Crippen LogP contribution < -0.4 is 5.32 Å². The fourth-order valence-corrected chi connectivity index (χ4v) is 5.15. The summed E-state index contributed by atoms with van der Waals surface area (Å²) in [7, 11) is -1.63. The molecule has 1 aliphatic heterocycles. The van der Waals surface area contributed by atoms with Crippen molar-refractivity contribution in [1.29, 1.82) is 0 Å². The average Bonchev–Trinajstić information content (AvgIpc) is 3.05. The summed E-state index contributed by atoms with van der Waals surface area (Å²) in [4.78, 5) is 0.397. The maximum Gasteiger partial charge on any atom is 0.243 e. The van der Waals surface area contributed by atoms with Crippen LogP contribution in [0.3, 0.4) is 0 Å². The topological polar surface area (TPSA) is 49.4 Å². The normalized spacial score (nSPS) is 18.3. The predicted octanol–water partition coefficient (Wildman–Crippen LogP) is 3.15. The van der Waals surface area contributed by atoms with Gasteiger partial charge < -0.3 is 5.32 Å². The van der Waals surface area contributed by atoms with Crippen LogP contribution in [-0.2, 0) is 10.0 Å². The van der Waals surface area contributed by atoms with Gasteiger partial charge in [0.15, 0.2) is 0 Å². The number of benzene rings is 2. The SMILES string of the molecule is CNCC1CCCN1S(=O)(=O)c1ccccc1-c1ccccc1.Cl. The van der Waals surface area contributed by atoms with Crippen LogP contribution in [0.15, 0.2) is 59.5 Å². The van der Waals surface area contributed by atoms with Crippen molar-refractivity contribution in [3.8, 4) is 11.1 Å². The van der Waals surface area contributed by atoms with Crippen molar-refractivity contribution in [3.63, 3.8) is 0 Å². The molecule has 0 radical (unpaired) electrons. The molecule has 1 saturated heterocycles. The van der Waals surface area contributed by atoms with Crippen LogP contribution >= 0.6 is 12.4 Å². The van der Waals surface area contributed by atoms with E-state index in [1.54, 1.807) is 16.4 Å². The second-order valence-electron chi connectivity index (χ2n) is 5.83. The van der Waals surface area contributed by atoms with E-state index >= 15 is 0 Å². The molecular weight excluding hydrogens is 344 g/mol. The second-order valence-corrected chi connectivity index (χ2v) is 7.69. The molecule has 0 aromatic heterocycles. The van der Waals surface area contributed by atoms with Gasteiger partial charge in [0.2, 0.25) is 10.0 Å². The van der Waals surface area contributed by atoms with E-state index in [-0.39, 0.29) is 18.4 Å². The van der Waals surface area contributed by atoms with E-state index in [1.807, 2.05) is 49.5 Å². The summed E-state index contributed by atoms with van der Waals surface area (Å²) in [5.41, 5.74) is 1.69. The number of halogens is 1. The Kier molecular flexibility index (Phi) is 6.40. The third-order valence-electron chi connectivity index (χ3n) is 4.32. The van der Waals surface area contributed by atoms with Crippen molar-refractivity contribution in [2.45, 2.75) is 23.8 Å². The summed E-state index contributed by atoms with van der Waals surface area (Å²) in [6.07, 6.45) is 1.83. The monoisotopic (exact) mass is 366 g/mol. The first kappa shape index (κ1) is 18.9. The molecule has 1 fully saturated rings. The molecule has 0 spiro atoms.